The summed E-state index contributed by atoms with van der Waals surface area (Å²) in [4.78, 5) is 4.62. The molecule has 0 N–H and O–H groups in total. The third kappa shape index (κ3) is 2.67. The molecule has 2 unspecified atom stereocenters. The molecular formula is C15H18Cl2N2O. The van der Waals surface area contributed by atoms with E-state index < -0.39 is 0 Å². The van der Waals surface area contributed by atoms with E-state index in [4.69, 9.17) is 27.9 Å². The van der Waals surface area contributed by atoms with Crippen LogP contribution in [0, 0.1) is 0 Å². The van der Waals surface area contributed by atoms with Crippen LogP contribution in [-0.4, -0.2) is 22.3 Å². The summed E-state index contributed by atoms with van der Waals surface area (Å²) in [6.07, 6.45) is 3.64. The van der Waals surface area contributed by atoms with E-state index in [0.717, 1.165) is 54.3 Å². The monoisotopic (exact) mass is 312 g/mol. The van der Waals surface area contributed by atoms with E-state index in [1.165, 1.54) is 0 Å². The molecule has 1 aliphatic rings. The number of aromatic nitrogens is 2. The van der Waals surface area contributed by atoms with Crippen LogP contribution >= 0.6 is 23.2 Å². The maximum atomic E-state index is 6.34. The van der Waals surface area contributed by atoms with Crippen LogP contribution in [-0.2, 0) is 11.3 Å². The van der Waals surface area contributed by atoms with Crippen LogP contribution in [0.2, 0.25) is 5.02 Å². The van der Waals surface area contributed by atoms with Gasteiger partial charge in [0.2, 0.25) is 0 Å². The second-order valence-corrected chi connectivity index (χ2v) is 6.33. The molecule has 0 amide bonds. The van der Waals surface area contributed by atoms with Crippen LogP contribution in [0.3, 0.4) is 0 Å². The second-order valence-electron chi connectivity index (χ2n) is 5.27. The van der Waals surface area contributed by atoms with Crippen LogP contribution in [0.5, 0.6) is 0 Å². The number of halogens is 2. The number of benzene rings is 1. The molecule has 0 aliphatic carbocycles. The van der Waals surface area contributed by atoms with Crippen molar-refractivity contribution in [2.24, 2.45) is 0 Å². The molecule has 5 heteroatoms. The summed E-state index contributed by atoms with van der Waals surface area (Å²) in [5.41, 5.74) is 1.89. The minimum atomic E-state index is -0.136. The molecule has 1 aliphatic heterocycles. The van der Waals surface area contributed by atoms with Crippen molar-refractivity contribution in [2.45, 2.75) is 44.2 Å². The van der Waals surface area contributed by atoms with Gasteiger partial charge in [0, 0.05) is 13.2 Å². The van der Waals surface area contributed by atoms with Crippen molar-refractivity contribution in [3.8, 4) is 0 Å². The first-order valence-corrected chi connectivity index (χ1v) is 7.88. The molecule has 1 saturated heterocycles. The van der Waals surface area contributed by atoms with Gasteiger partial charge in [-0.1, -0.05) is 17.7 Å². The summed E-state index contributed by atoms with van der Waals surface area (Å²) >= 11 is 12.6. The number of hydrogen-bond donors (Lipinski definition) is 0. The summed E-state index contributed by atoms with van der Waals surface area (Å²) in [6, 6.07) is 5.80. The SMILES string of the molecule is CC(Cl)c1nc2cccc(Cl)c2n1CCC1CCCO1. The van der Waals surface area contributed by atoms with Crippen LogP contribution in [0.4, 0.5) is 0 Å². The molecule has 0 saturated carbocycles. The highest BCUT2D eigenvalue weighted by atomic mass is 35.5. The Labute approximate surface area is 128 Å². The van der Waals surface area contributed by atoms with Gasteiger partial charge in [-0.2, -0.15) is 0 Å². The number of imidazole rings is 1. The van der Waals surface area contributed by atoms with Crippen LogP contribution in [0.1, 0.15) is 37.4 Å². The Morgan fingerprint density at radius 1 is 1.50 bits per heavy atom. The van der Waals surface area contributed by atoms with Crippen molar-refractivity contribution in [1.82, 2.24) is 9.55 Å². The van der Waals surface area contributed by atoms with E-state index in [9.17, 15) is 0 Å². The van der Waals surface area contributed by atoms with Gasteiger partial charge in [0.25, 0.3) is 0 Å². The van der Waals surface area contributed by atoms with Gasteiger partial charge in [-0.15, -0.1) is 11.6 Å². The van der Waals surface area contributed by atoms with Crippen LogP contribution < -0.4 is 0 Å². The minimum absolute atomic E-state index is 0.136. The Hall–Kier alpha value is -0.770. The highest BCUT2D eigenvalue weighted by Crippen LogP contribution is 2.30. The largest absolute Gasteiger partial charge is 0.378 e. The standard InChI is InChI=1S/C15H18Cl2N2O/c1-10(16)15-18-13-6-2-5-12(17)14(13)19(15)8-7-11-4-3-9-20-11/h2,5-6,10-11H,3-4,7-9H2,1H3. The van der Waals surface area contributed by atoms with Crippen molar-refractivity contribution in [3.63, 3.8) is 0 Å². The number of fused-ring (bicyclic) bond motifs is 1. The molecule has 108 valence electrons. The van der Waals surface area contributed by atoms with Crippen molar-refractivity contribution in [1.29, 1.82) is 0 Å². The first kappa shape index (κ1) is 14.2. The molecule has 1 aromatic carbocycles. The summed E-state index contributed by atoms with van der Waals surface area (Å²) in [5, 5.41) is 0.592. The summed E-state index contributed by atoms with van der Waals surface area (Å²) in [6.45, 7) is 3.67. The zero-order valence-electron chi connectivity index (χ0n) is 11.5. The molecule has 2 atom stereocenters. The van der Waals surface area contributed by atoms with E-state index >= 15 is 0 Å². The van der Waals surface area contributed by atoms with Gasteiger partial charge in [0.1, 0.15) is 5.82 Å². The minimum Gasteiger partial charge on any atom is -0.378 e. The molecule has 1 fully saturated rings. The Balaban J connectivity index is 1.95. The molecule has 2 heterocycles. The second kappa shape index (κ2) is 5.92. The number of para-hydroxylation sites is 1. The van der Waals surface area contributed by atoms with Gasteiger partial charge < -0.3 is 9.30 Å². The van der Waals surface area contributed by atoms with Crippen molar-refractivity contribution < 1.29 is 4.74 Å². The molecule has 3 rings (SSSR count). The van der Waals surface area contributed by atoms with Crippen molar-refractivity contribution in [3.05, 3.63) is 29.0 Å². The predicted molar refractivity (Wildman–Crippen MR) is 82.6 cm³/mol. The average molecular weight is 313 g/mol. The number of ether oxygens (including phenoxy) is 1. The molecule has 0 spiro atoms. The lowest BCUT2D eigenvalue weighted by Crippen LogP contribution is -2.12. The Bertz CT molecular complexity index is 603. The molecule has 0 bridgehead atoms. The maximum absolute atomic E-state index is 6.34. The third-order valence-corrected chi connectivity index (χ3v) is 4.30. The molecular weight excluding hydrogens is 295 g/mol. The normalized spacial score (nSPS) is 20.6. The quantitative estimate of drug-likeness (QED) is 0.774. The lowest BCUT2D eigenvalue weighted by Gasteiger charge is -2.14. The first-order valence-electron chi connectivity index (χ1n) is 7.07. The molecule has 2 aromatic rings. The van der Waals surface area contributed by atoms with E-state index in [0.29, 0.717) is 6.10 Å². The molecule has 3 nitrogen and oxygen atoms in total. The summed E-state index contributed by atoms with van der Waals surface area (Å²) in [5.74, 6) is 0.882. The highest BCUT2D eigenvalue weighted by molar-refractivity contribution is 6.35. The van der Waals surface area contributed by atoms with Gasteiger partial charge in [-0.05, 0) is 38.3 Å². The van der Waals surface area contributed by atoms with Gasteiger partial charge in [0.15, 0.2) is 0 Å². The first-order chi connectivity index (χ1) is 9.66. The number of alkyl halides is 1. The van der Waals surface area contributed by atoms with E-state index in [1.807, 2.05) is 25.1 Å². The Morgan fingerprint density at radius 2 is 2.35 bits per heavy atom. The average Bonchev–Trinajstić information content (AvgIpc) is 3.03. The molecule has 20 heavy (non-hydrogen) atoms. The number of nitrogens with zero attached hydrogens (tertiary/aromatic N) is 2. The topological polar surface area (TPSA) is 27.1 Å². The molecule has 0 radical (unpaired) electrons. The van der Waals surface area contributed by atoms with Crippen LogP contribution in [0.25, 0.3) is 11.0 Å². The zero-order chi connectivity index (χ0) is 14.1. The van der Waals surface area contributed by atoms with E-state index in [1.54, 1.807) is 0 Å². The Morgan fingerprint density at radius 3 is 3.05 bits per heavy atom. The lowest BCUT2D eigenvalue weighted by atomic mass is 10.2. The number of hydrogen-bond acceptors (Lipinski definition) is 2. The smallest absolute Gasteiger partial charge is 0.127 e. The van der Waals surface area contributed by atoms with Crippen LogP contribution in [0.15, 0.2) is 18.2 Å². The lowest BCUT2D eigenvalue weighted by molar-refractivity contribution is 0.100. The summed E-state index contributed by atoms with van der Waals surface area (Å²) in [7, 11) is 0. The highest BCUT2D eigenvalue weighted by Gasteiger charge is 2.20. The fourth-order valence-corrected chi connectivity index (χ4v) is 3.27. The van der Waals surface area contributed by atoms with E-state index in [-0.39, 0.29) is 5.38 Å². The van der Waals surface area contributed by atoms with E-state index in [2.05, 4.69) is 9.55 Å². The number of aryl methyl sites for hydroxylation is 1. The van der Waals surface area contributed by atoms with Gasteiger partial charge in [-0.3, -0.25) is 0 Å². The van der Waals surface area contributed by atoms with Gasteiger partial charge in [0.05, 0.1) is 27.5 Å². The van der Waals surface area contributed by atoms with Crippen molar-refractivity contribution >= 4 is 34.2 Å². The maximum Gasteiger partial charge on any atom is 0.127 e. The zero-order valence-corrected chi connectivity index (χ0v) is 13.0. The third-order valence-electron chi connectivity index (χ3n) is 3.80. The van der Waals surface area contributed by atoms with Crippen molar-refractivity contribution in [2.75, 3.05) is 6.61 Å². The Kier molecular flexibility index (Phi) is 4.20. The van der Waals surface area contributed by atoms with Gasteiger partial charge >= 0.3 is 0 Å². The summed E-state index contributed by atoms with van der Waals surface area (Å²) < 4.78 is 7.84. The molecule has 1 aromatic heterocycles. The predicted octanol–water partition coefficient (Wildman–Crippen LogP) is 4.56. The van der Waals surface area contributed by atoms with Gasteiger partial charge in [-0.25, -0.2) is 4.98 Å². The number of rotatable bonds is 4. The fourth-order valence-electron chi connectivity index (χ4n) is 2.83. The fraction of sp³-hybridized carbons (Fsp3) is 0.533.